The highest BCUT2D eigenvalue weighted by molar-refractivity contribution is 8.01. The molecule has 1 unspecified atom stereocenters. The average Bonchev–Trinajstić information content (AvgIpc) is 2.44. The van der Waals surface area contributed by atoms with Gasteiger partial charge in [-0.25, -0.2) is 13.4 Å². The molecule has 1 aromatic heterocycles. The minimum absolute atomic E-state index is 0.442. The molecule has 0 saturated carbocycles. The van der Waals surface area contributed by atoms with Gasteiger partial charge < -0.3 is 10.2 Å². The number of nitrogens with one attached hydrogen (secondary N) is 1. The predicted octanol–water partition coefficient (Wildman–Crippen LogP) is 1.83. The summed E-state index contributed by atoms with van der Waals surface area (Å²) in [6, 6.07) is 3.81. The molecule has 112 valence electrons. The Morgan fingerprint density at radius 3 is 3.05 bits per heavy atom. The van der Waals surface area contributed by atoms with Crippen LogP contribution in [0.1, 0.15) is 13.3 Å². The first kappa shape index (κ1) is 15.4. The van der Waals surface area contributed by atoms with Crippen molar-refractivity contribution in [1.82, 2.24) is 4.98 Å². The van der Waals surface area contributed by atoms with Gasteiger partial charge in [-0.3, -0.25) is 0 Å². The van der Waals surface area contributed by atoms with E-state index < -0.39 is 15.2 Å². The minimum Gasteiger partial charge on any atom is -0.370 e. The first-order valence-electron chi connectivity index (χ1n) is 6.75. The Morgan fingerprint density at radius 2 is 2.35 bits per heavy atom. The molecule has 0 amide bonds. The highest BCUT2D eigenvalue weighted by atomic mass is 32.2. The van der Waals surface area contributed by atoms with Gasteiger partial charge in [-0.05, 0) is 12.5 Å². The minimum atomic E-state index is -3.09. The number of sulfone groups is 1. The summed E-state index contributed by atoms with van der Waals surface area (Å²) in [4.78, 5) is 6.24. The lowest BCUT2D eigenvalue weighted by molar-refractivity contribution is 0.584. The van der Waals surface area contributed by atoms with Crippen LogP contribution in [0, 0.1) is 0 Å². The van der Waals surface area contributed by atoms with Gasteiger partial charge in [0.25, 0.3) is 0 Å². The standard InChI is InChI=1S/C13H21N3O2S2/c1-3-5-14-12-9-11(4-6-15-12)16-7-8-19-10-13(16)20(2,17)18/h4,6,9,13H,3,5,7-8,10H2,1-2H3,(H,14,15). The lowest BCUT2D eigenvalue weighted by Gasteiger charge is -2.35. The SMILES string of the molecule is CCCNc1cc(N2CCSCC2S(C)(=O)=O)ccn1. The fourth-order valence-electron chi connectivity index (χ4n) is 2.18. The average molecular weight is 315 g/mol. The summed E-state index contributed by atoms with van der Waals surface area (Å²) in [7, 11) is -3.09. The molecule has 0 radical (unpaired) electrons. The van der Waals surface area contributed by atoms with E-state index in [2.05, 4.69) is 17.2 Å². The van der Waals surface area contributed by atoms with Crippen molar-refractivity contribution in [2.45, 2.75) is 18.7 Å². The van der Waals surface area contributed by atoms with Crippen molar-refractivity contribution in [2.24, 2.45) is 0 Å². The third kappa shape index (κ3) is 3.79. The van der Waals surface area contributed by atoms with E-state index in [1.807, 2.05) is 17.0 Å². The molecule has 1 N–H and O–H groups in total. The first-order valence-corrected chi connectivity index (χ1v) is 9.86. The molecule has 0 aliphatic carbocycles. The lowest BCUT2D eigenvalue weighted by Crippen LogP contribution is -2.47. The summed E-state index contributed by atoms with van der Waals surface area (Å²) >= 11 is 1.69. The van der Waals surface area contributed by atoms with Crippen LogP contribution in [0.25, 0.3) is 0 Å². The lowest BCUT2D eigenvalue weighted by atomic mass is 10.3. The van der Waals surface area contributed by atoms with Gasteiger partial charge in [0.05, 0.1) is 0 Å². The van der Waals surface area contributed by atoms with Crippen LogP contribution in [0.4, 0.5) is 11.5 Å². The van der Waals surface area contributed by atoms with Gasteiger partial charge in [0.1, 0.15) is 11.2 Å². The summed E-state index contributed by atoms with van der Waals surface area (Å²) in [6.07, 6.45) is 4.07. The van der Waals surface area contributed by atoms with Gasteiger partial charge in [0.2, 0.25) is 0 Å². The zero-order valence-electron chi connectivity index (χ0n) is 11.9. The van der Waals surface area contributed by atoms with E-state index >= 15 is 0 Å². The molecule has 2 rings (SSSR count). The van der Waals surface area contributed by atoms with Gasteiger partial charge in [0, 0.05) is 48.8 Å². The Hall–Kier alpha value is -0.950. The number of hydrogen-bond donors (Lipinski definition) is 1. The zero-order valence-corrected chi connectivity index (χ0v) is 13.5. The van der Waals surface area contributed by atoms with E-state index in [1.165, 1.54) is 6.26 Å². The third-order valence-electron chi connectivity index (χ3n) is 3.21. The summed E-state index contributed by atoms with van der Waals surface area (Å²) < 4.78 is 23.9. The van der Waals surface area contributed by atoms with E-state index in [0.717, 1.165) is 36.8 Å². The topological polar surface area (TPSA) is 62.3 Å². The molecule has 1 aliphatic heterocycles. The molecule has 5 nitrogen and oxygen atoms in total. The molecule has 1 atom stereocenters. The number of thioether (sulfide) groups is 1. The van der Waals surface area contributed by atoms with E-state index in [4.69, 9.17) is 0 Å². The van der Waals surface area contributed by atoms with Crippen LogP contribution in [-0.2, 0) is 9.84 Å². The van der Waals surface area contributed by atoms with Crippen LogP contribution in [-0.4, -0.2) is 49.6 Å². The molecule has 1 aliphatic rings. The number of pyridine rings is 1. The molecule has 1 fully saturated rings. The zero-order chi connectivity index (χ0) is 14.6. The van der Waals surface area contributed by atoms with Crippen LogP contribution in [0.3, 0.4) is 0 Å². The van der Waals surface area contributed by atoms with Gasteiger partial charge in [-0.1, -0.05) is 6.92 Å². The van der Waals surface area contributed by atoms with Crippen molar-refractivity contribution >= 4 is 33.1 Å². The van der Waals surface area contributed by atoms with Crippen molar-refractivity contribution < 1.29 is 8.42 Å². The Kier molecular flexibility index (Phi) is 5.15. The van der Waals surface area contributed by atoms with Crippen LogP contribution in [0.2, 0.25) is 0 Å². The molecule has 7 heteroatoms. The number of hydrogen-bond acceptors (Lipinski definition) is 6. The van der Waals surface area contributed by atoms with Crippen molar-refractivity contribution in [2.75, 3.05) is 41.1 Å². The highest BCUT2D eigenvalue weighted by Gasteiger charge is 2.31. The molecule has 0 bridgehead atoms. The van der Waals surface area contributed by atoms with Crippen molar-refractivity contribution in [3.8, 4) is 0 Å². The molecular formula is C13H21N3O2S2. The number of anilines is 2. The van der Waals surface area contributed by atoms with Crippen LogP contribution >= 0.6 is 11.8 Å². The molecule has 2 heterocycles. The second-order valence-corrected chi connectivity index (χ2v) is 8.23. The number of nitrogens with zero attached hydrogens (tertiary/aromatic N) is 2. The van der Waals surface area contributed by atoms with Crippen LogP contribution in [0.5, 0.6) is 0 Å². The van der Waals surface area contributed by atoms with Crippen LogP contribution < -0.4 is 10.2 Å². The molecule has 1 aromatic rings. The molecule has 1 saturated heterocycles. The Labute approximate surface area is 125 Å². The molecule has 0 spiro atoms. The maximum atomic E-state index is 11.9. The van der Waals surface area contributed by atoms with Crippen LogP contribution in [0.15, 0.2) is 18.3 Å². The second kappa shape index (κ2) is 6.67. The number of rotatable bonds is 5. The van der Waals surface area contributed by atoms with Gasteiger partial charge in [-0.2, -0.15) is 11.8 Å². The summed E-state index contributed by atoms with van der Waals surface area (Å²) in [6.45, 7) is 3.71. The monoisotopic (exact) mass is 315 g/mol. The smallest absolute Gasteiger partial charge is 0.169 e. The van der Waals surface area contributed by atoms with Gasteiger partial charge in [0.15, 0.2) is 9.84 Å². The summed E-state index contributed by atoms with van der Waals surface area (Å²) in [5, 5.41) is 2.79. The maximum absolute atomic E-state index is 11.9. The Morgan fingerprint density at radius 1 is 1.55 bits per heavy atom. The Bertz CT molecular complexity index is 548. The normalized spacial score (nSPS) is 19.9. The second-order valence-electron chi connectivity index (χ2n) is 4.88. The molecular weight excluding hydrogens is 294 g/mol. The van der Waals surface area contributed by atoms with E-state index in [0.29, 0.717) is 5.75 Å². The summed E-state index contributed by atoms with van der Waals surface area (Å²) in [5.74, 6) is 2.38. The molecule has 0 aromatic carbocycles. The van der Waals surface area contributed by atoms with Crippen molar-refractivity contribution in [1.29, 1.82) is 0 Å². The third-order valence-corrected chi connectivity index (χ3v) is 5.85. The first-order chi connectivity index (χ1) is 9.52. The van der Waals surface area contributed by atoms with Gasteiger partial charge >= 0.3 is 0 Å². The predicted molar refractivity (Wildman–Crippen MR) is 86.3 cm³/mol. The van der Waals surface area contributed by atoms with E-state index in [-0.39, 0.29) is 0 Å². The largest absolute Gasteiger partial charge is 0.370 e. The van der Waals surface area contributed by atoms with Crippen molar-refractivity contribution in [3.05, 3.63) is 18.3 Å². The fraction of sp³-hybridized carbons (Fsp3) is 0.615. The van der Waals surface area contributed by atoms with E-state index in [1.54, 1.807) is 18.0 Å². The van der Waals surface area contributed by atoms with Gasteiger partial charge in [-0.15, -0.1) is 0 Å². The maximum Gasteiger partial charge on any atom is 0.169 e. The Balaban J connectivity index is 2.24. The summed E-state index contributed by atoms with van der Waals surface area (Å²) in [5.41, 5.74) is 0.925. The molecule has 20 heavy (non-hydrogen) atoms. The van der Waals surface area contributed by atoms with Crippen molar-refractivity contribution in [3.63, 3.8) is 0 Å². The number of aromatic nitrogens is 1. The van der Waals surface area contributed by atoms with E-state index in [9.17, 15) is 8.42 Å². The highest BCUT2D eigenvalue weighted by Crippen LogP contribution is 2.27. The fourth-order valence-corrected chi connectivity index (χ4v) is 5.02. The quantitative estimate of drug-likeness (QED) is 0.894.